The van der Waals surface area contributed by atoms with Crippen molar-refractivity contribution in [2.24, 2.45) is 11.7 Å². The van der Waals surface area contributed by atoms with Crippen LogP contribution in [0.3, 0.4) is 0 Å². The Bertz CT molecular complexity index is 486. The van der Waals surface area contributed by atoms with Gasteiger partial charge < -0.3 is 16.0 Å². The molecular formula is C14H20N4OS. The Labute approximate surface area is 123 Å². The third-order valence-electron chi connectivity index (χ3n) is 3.73. The van der Waals surface area contributed by atoms with Gasteiger partial charge in [0, 0.05) is 13.0 Å². The van der Waals surface area contributed by atoms with Crippen LogP contribution in [0.25, 0.3) is 0 Å². The highest BCUT2D eigenvalue weighted by atomic mass is 32.1. The first kappa shape index (κ1) is 15.0. The number of nitrogens with one attached hydrogen (secondary N) is 1. The summed E-state index contributed by atoms with van der Waals surface area (Å²) in [7, 11) is 0. The van der Waals surface area contributed by atoms with Crippen molar-refractivity contribution in [2.75, 3.05) is 31.5 Å². The fourth-order valence-corrected chi connectivity index (χ4v) is 3.14. The maximum Gasteiger partial charge on any atom is 0.226 e. The predicted octanol–water partition coefficient (Wildman–Crippen LogP) is 1.62. The molecule has 1 amide bonds. The fourth-order valence-electron chi connectivity index (χ4n) is 2.39. The van der Waals surface area contributed by atoms with Gasteiger partial charge in [-0.25, -0.2) is 0 Å². The number of nitriles is 1. The Hall–Kier alpha value is -1.42. The van der Waals surface area contributed by atoms with Crippen molar-refractivity contribution in [3.63, 3.8) is 0 Å². The van der Waals surface area contributed by atoms with Crippen LogP contribution < -0.4 is 11.1 Å². The van der Waals surface area contributed by atoms with Gasteiger partial charge in [0.25, 0.3) is 0 Å². The second-order valence-corrected chi connectivity index (χ2v) is 6.01. The monoisotopic (exact) mass is 292 g/mol. The normalized spacial score (nSPS) is 16.8. The van der Waals surface area contributed by atoms with Crippen molar-refractivity contribution in [2.45, 2.75) is 19.3 Å². The lowest BCUT2D eigenvalue weighted by molar-refractivity contribution is -0.116. The predicted molar refractivity (Wildman–Crippen MR) is 80.5 cm³/mol. The summed E-state index contributed by atoms with van der Waals surface area (Å²) in [6, 6.07) is 3.79. The first-order valence-electron chi connectivity index (χ1n) is 6.92. The highest BCUT2D eigenvalue weighted by Gasteiger charge is 2.18. The van der Waals surface area contributed by atoms with Gasteiger partial charge in [-0.05, 0) is 49.8 Å². The molecule has 2 heterocycles. The summed E-state index contributed by atoms with van der Waals surface area (Å²) in [5.74, 6) is 0.620. The standard InChI is InChI=1S/C14H20N4OS/c15-9-11-1-5-18(6-2-11)7-3-13(19)17-14-12(10-16)4-8-20-14/h4,8,11H,1-3,5-7,9,15H2,(H,17,19). The lowest BCUT2D eigenvalue weighted by Crippen LogP contribution is -2.37. The number of hydrogen-bond donors (Lipinski definition) is 2. The van der Waals surface area contributed by atoms with Gasteiger partial charge in [-0.1, -0.05) is 0 Å². The van der Waals surface area contributed by atoms with Gasteiger partial charge in [-0.3, -0.25) is 4.79 Å². The maximum absolute atomic E-state index is 11.9. The first-order valence-corrected chi connectivity index (χ1v) is 7.80. The minimum absolute atomic E-state index is 0.0232. The van der Waals surface area contributed by atoms with Gasteiger partial charge >= 0.3 is 0 Å². The second-order valence-electron chi connectivity index (χ2n) is 5.09. The zero-order chi connectivity index (χ0) is 14.4. The number of carbonyl (C=O) groups is 1. The highest BCUT2D eigenvalue weighted by Crippen LogP contribution is 2.22. The van der Waals surface area contributed by atoms with E-state index >= 15 is 0 Å². The Morgan fingerprint density at radius 1 is 1.55 bits per heavy atom. The van der Waals surface area contributed by atoms with E-state index < -0.39 is 0 Å². The van der Waals surface area contributed by atoms with E-state index in [9.17, 15) is 4.79 Å². The molecule has 2 rings (SSSR count). The summed E-state index contributed by atoms with van der Waals surface area (Å²) in [5.41, 5.74) is 6.20. The molecule has 0 spiro atoms. The molecule has 0 saturated carbocycles. The van der Waals surface area contributed by atoms with Gasteiger partial charge in [-0.15, -0.1) is 11.3 Å². The van der Waals surface area contributed by atoms with Crippen LogP contribution in [0, 0.1) is 17.2 Å². The van der Waals surface area contributed by atoms with Crippen molar-refractivity contribution in [3.8, 4) is 6.07 Å². The molecule has 0 aromatic carbocycles. The third kappa shape index (κ3) is 4.04. The summed E-state index contributed by atoms with van der Waals surface area (Å²) in [6.45, 7) is 3.59. The van der Waals surface area contributed by atoms with E-state index in [1.165, 1.54) is 11.3 Å². The average Bonchev–Trinajstić information content (AvgIpc) is 2.92. The van der Waals surface area contributed by atoms with Crippen LogP contribution >= 0.6 is 11.3 Å². The molecular weight excluding hydrogens is 272 g/mol. The molecule has 5 nitrogen and oxygen atoms in total. The minimum atomic E-state index is -0.0232. The van der Waals surface area contributed by atoms with Crippen LogP contribution in [-0.4, -0.2) is 37.0 Å². The summed E-state index contributed by atoms with van der Waals surface area (Å²) in [4.78, 5) is 14.2. The zero-order valence-electron chi connectivity index (χ0n) is 11.5. The van der Waals surface area contributed by atoms with E-state index in [-0.39, 0.29) is 5.91 Å². The van der Waals surface area contributed by atoms with E-state index in [1.54, 1.807) is 6.07 Å². The number of amides is 1. The van der Waals surface area contributed by atoms with Gasteiger partial charge in [0.05, 0.1) is 5.56 Å². The van der Waals surface area contributed by atoms with E-state index in [4.69, 9.17) is 11.0 Å². The molecule has 20 heavy (non-hydrogen) atoms. The number of piperidine rings is 1. The summed E-state index contributed by atoms with van der Waals surface area (Å²) in [5, 5.41) is 14.2. The average molecular weight is 292 g/mol. The van der Waals surface area contributed by atoms with Crippen molar-refractivity contribution >= 4 is 22.2 Å². The first-order chi connectivity index (χ1) is 9.72. The van der Waals surface area contributed by atoms with Gasteiger partial charge in [0.15, 0.2) is 0 Å². The lowest BCUT2D eigenvalue weighted by Gasteiger charge is -2.31. The molecule has 0 unspecified atom stereocenters. The van der Waals surface area contributed by atoms with Crippen LogP contribution in [0.1, 0.15) is 24.8 Å². The van der Waals surface area contributed by atoms with Crippen LogP contribution in [0.2, 0.25) is 0 Å². The number of nitrogens with two attached hydrogens (primary N) is 1. The fraction of sp³-hybridized carbons (Fsp3) is 0.571. The molecule has 1 aromatic rings. The summed E-state index contributed by atoms with van der Waals surface area (Å²) >= 11 is 1.39. The highest BCUT2D eigenvalue weighted by molar-refractivity contribution is 7.14. The smallest absolute Gasteiger partial charge is 0.226 e. The molecule has 1 aliphatic rings. The van der Waals surface area contributed by atoms with Crippen molar-refractivity contribution in [1.29, 1.82) is 5.26 Å². The molecule has 1 aromatic heterocycles. The summed E-state index contributed by atoms with van der Waals surface area (Å²) < 4.78 is 0. The van der Waals surface area contributed by atoms with Crippen LogP contribution in [0.15, 0.2) is 11.4 Å². The van der Waals surface area contributed by atoms with Crippen molar-refractivity contribution in [1.82, 2.24) is 4.90 Å². The Kier molecular flexibility index (Phi) is 5.53. The van der Waals surface area contributed by atoms with Crippen LogP contribution in [0.5, 0.6) is 0 Å². The third-order valence-corrected chi connectivity index (χ3v) is 4.56. The Morgan fingerprint density at radius 3 is 2.95 bits per heavy atom. The number of thiophene rings is 1. The molecule has 0 bridgehead atoms. The van der Waals surface area contributed by atoms with Crippen molar-refractivity contribution < 1.29 is 4.79 Å². The largest absolute Gasteiger partial charge is 0.330 e. The van der Waals surface area contributed by atoms with Gasteiger partial charge in [0.2, 0.25) is 5.91 Å². The van der Waals surface area contributed by atoms with Crippen molar-refractivity contribution in [3.05, 3.63) is 17.0 Å². The number of likely N-dealkylation sites (tertiary alicyclic amines) is 1. The van der Waals surface area contributed by atoms with Gasteiger partial charge in [0.1, 0.15) is 11.1 Å². The topological polar surface area (TPSA) is 82.2 Å². The molecule has 1 saturated heterocycles. The molecule has 6 heteroatoms. The number of nitrogens with zero attached hydrogens (tertiary/aromatic N) is 2. The quantitative estimate of drug-likeness (QED) is 0.864. The Morgan fingerprint density at radius 2 is 2.30 bits per heavy atom. The molecule has 108 valence electrons. The molecule has 3 N–H and O–H groups in total. The van der Waals surface area contributed by atoms with E-state index in [1.807, 2.05) is 5.38 Å². The number of carbonyl (C=O) groups excluding carboxylic acids is 1. The summed E-state index contributed by atoms with van der Waals surface area (Å²) in [6.07, 6.45) is 2.72. The molecule has 0 atom stereocenters. The molecule has 1 fully saturated rings. The van der Waals surface area contributed by atoms with Gasteiger partial charge in [-0.2, -0.15) is 5.26 Å². The maximum atomic E-state index is 11.9. The van der Waals surface area contributed by atoms with Crippen LogP contribution in [0.4, 0.5) is 5.00 Å². The zero-order valence-corrected chi connectivity index (χ0v) is 12.3. The number of rotatable bonds is 5. The second kappa shape index (κ2) is 7.39. The molecule has 0 radical (unpaired) electrons. The number of hydrogen-bond acceptors (Lipinski definition) is 5. The van der Waals surface area contributed by atoms with E-state index in [0.717, 1.165) is 39.0 Å². The Balaban J connectivity index is 1.72. The SMILES string of the molecule is N#Cc1ccsc1NC(=O)CCN1CCC(CN)CC1. The number of anilines is 1. The lowest BCUT2D eigenvalue weighted by atomic mass is 9.97. The van der Waals surface area contributed by atoms with Crippen LogP contribution in [-0.2, 0) is 4.79 Å². The van der Waals surface area contributed by atoms with E-state index in [0.29, 0.717) is 22.9 Å². The molecule has 0 aliphatic carbocycles. The minimum Gasteiger partial charge on any atom is -0.330 e. The molecule has 1 aliphatic heterocycles. The van der Waals surface area contributed by atoms with E-state index in [2.05, 4.69) is 16.3 Å².